The second-order valence-electron chi connectivity index (χ2n) is 4.79. The van der Waals surface area contributed by atoms with E-state index >= 15 is 0 Å². The third-order valence-corrected chi connectivity index (χ3v) is 3.68. The first-order chi connectivity index (χ1) is 9.15. The molecular formula is C14H18F2N2O. The van der Waals surface area contributed by atoms with Gasteiger partial charge in [-0.15, -0.1) is 0 Å². The van der Waals surface area contributed by atoms with E-state index in [0.717, 1.165) is 25.0 Å². The fourth-order valence-corrected chi connectivity index (χ4v) is 2.64. The molecule has 0 saturated carbocycles. The average molecular weight is 268 g/mol. The van der Waals surface area contributed by atoms with Crippen LogP contribution in [-0.4, -0.2) is 30.4 Å². The Morgan fingerprint density at radius 2 is 2.26 bits per heavy atom. The highest BCUT2D eigenvalue weighted by atomic mass is 19.1. The molecule has 3 nitrogen and oxygen atoms in total. The largest absolute Gasteiger partial charge is 0.342 e. The van der Waals surface area contributed by atoms with Gasteiger partial charge in [0.15, 0.2) is 0 Å². The van der Waals surface area contributed by atoms with Gasteiger partial charge in [-0.3, -0.25) is 4.79 Å². The number of rotatable bonds is 4. The lowest BCUT2D eigenvalue weighted by atomic mass is 9.92. The highest BCUT2D eigenvalue weighted by Gasteiger charge is 2.27. The second-order valence-corrected chi connectivity index (χ2v) is 4.79. The van der Waals surface area contributed by atoms with E-state index in [1.807, 2.05) is 6.92 Å². The Bertz CT molecular complexity index is 453. The van der Waals surface area contributed by atoms with Gasteiger partial charge in [-0.2, -0.15) is 0 Å². The predicted molar refractivity (Wildman–Crippen MR) is 68.6 cm³/mol. The summed E-state index contributed by atoms with van der Waals surface area (Å²) < 4.78 is 27.0. The van der Waals surface area contributed by atoms with Crippen LogP contribution in [0.3, 0.4) is 0 Å². The number of carbonyl (C=O) groups excluding carboxylic acids is 1. The van der Waals surface area contributed by atoms with Crippen molar-refractivity contribution in [3.8, 4) is 0 Å². The molecule has 1 aromatic carbocycles. The average Bonchev–Trinajstić information content (AvgIpc) is 2.43. The van der Waals surface area contributed by atoms with Gasteiger partial charge in [0.2, 0.25) is 6.41 Å². The van der Waals surface area contributed by atoms with Crippen LogP contribution in [0.15, 0.2) is 18.2 Å². The number of carbonyl (C=O) groups is 1. The van der Waals surface area contributed by atoms with Crippen LogP contribution in [-0.2, 0) is 4.79 Å². The summed E-state index contributed by atoms with van der Waals surface area (Å²) >= 11 is 0. The van der Waals surface area contributed by atoms with E-state index in [1.54, 1.807) is 4.90 Å². The normalized spacial score (nSPS) is 23.1. The van der Waals surface area contributed by atoms with Gasteiger partial charge in [0.1, 0.15) is 11.6 Å². The molecule has 5 heteroatoms. The Labute approximate surface area is 111 Å². The number of hydrogen-bond acceptors (Lipinski definition) is 2. The van der Waals surface area contributed by atoms with Crippen LogP contribution in [0.25, 0.3) is 0 Å². The molecule has 19 heavy (non-hydrogen) atoms. The lowest BCUT2D eigenvalue weighted by Crippen LogP contribution is -2.44. The van der Waals surface area contributed by atoms with E-state index in [4.69, 9.17) is 0 Å². The van der Waals surface area contributed by atoms with Crippen molar-refractivity contribution in [1.29, 1.82) is 0 Å². The molecule has 1 N–H and O–H groups in total. The number of amides is 1. The molecule has 0 radical (unpaired) electrons. The van der Waals surface area contributed by atoms with Gasteiger partial charge in [0.05, 0.1) is 0 Å². The first kappa shape index (κ1) is 13.9. The van der Waals surface area contributed by atoms with Crippen LogP contribution in [0.4, 0.5) is 8.78 Å². The third-order valence-electron chi connectivity index (χ3n) is 3.68. The van der Waals surface area contributed by atoms with Gasteiger partial charge in [0.25, 0.3) is 0 Å². The summed E-state index contributed by atoms with van der Waals surface area (Å²) in [5.74, 6) is -0.850. The summed E-state index contributed by atoms with van der Waals surface area (Å²) in [6.07, 6.45) is 2.27. The Hall–Kier alpha value is -1.49. The van der Waals surface area contributed by atoms with Crippen molar-refractivity contribution < 1.29 is 13.6 Å². The molecule has 1 fully saturated rings. The summed E-state index contributed by atoms with van der Waals surface area (Å²) in [4.78, 5) is 12.7. The Kier molecular flexibility index (Phi) is 4.47. The number of benzene rings is 1. The summed E-state index contributed by atoms with van der Waals surface area (Å²) in [5.41, 5.74) is 0.339. The highest BCUT2D eigenvalue weighted by Crippen LogP contribution is 2.28. The Balaban J connectivity index is 2.16. The molecule has 104 valence electrons. The summed E-state index contributed by atoms with van der Waals surface area (Å²) in [5, 5.41) is 3.19. The minimum atomic E-state index is -0.442. The predicted octanol–water partition coefficient (Wildman–Crippen LogP) is 2.24. The van der Waals surface area contributed by atoms with Gasteiger partial charge in [-0.1, -0.05) is 0 Å². The minimum absolute atomic E-state index is 0.0800. The van der Waals surface area contributed by atoms with Crippen molar-refractivity contribution in [2.45, 2.75) is 31.8 Å². The van der Waals surface area contributed by atoms with Crippen LogP contribution in [0.1, 0.15) is 31.4 Å². The van der Waals surface area contributed by atoms with Crippen LogP contribution >= 0.6 is 0 Å². The molecule has 1 saturated heterocycles. The molecule has 1 amide bonds. The van der Waals surface area contributed by atoms with Crippen LogP contribution in [0, 0.1) is 11.6 Å². The Morgan fingerprint density at radius 3 is 2.95 bits per heavy atom. The van der Waals surface area contributed by atoms with Crippen LogP contribution < -0.4 is 5.32 Å². The molecular weight excluding hydrogens is 250 g/mol. The van der Waals surface area contributed by atoms with Crippen LogP contribution in [0.5, 0.6) is 0 Å². The van der Waals surface area contributed by atoms with E-state index < -0.39 is 11.6 Å². The van der Waals surface area contributed by atoms with E-state index in [9.17, 15) is 13.6 Å². The third kappa shape index (κ3) is 3.10. The maximum atomic E-state index is 13.8. The first-order valence-electron chi connectivity index (χ1n) is 6.55. The molecule has 0 aromatic heterocycles. The molecule has 0 aliphatic carbocycles. The van der Waals surface area contributed by atoms with Gasteiger partial charge >= 0.3 is 0 Å². The van der Waals surface area contributed by atoms with Crippen molar-refractivity contribution >= 4 is 6.41 Å². The van der Waals surface area contributed by atoms with Crippen molar-refractivity contribution in [1.82, 2.24) is 10.2 Å². The van der Waals surface area contributed by atoms with E-state index in [2.05, 4.69) is 5.32 Å². The lowest BCUT2D eigenvalue weighted by Gasteiger charge is -2.36. The molecule has 1 aliphatic rings. The lowest BCUT2D eigenvalue weighted by molar-refractivity contribution is -0.120. The SMILES string of the molecule is CCN(C=O)C1CCNC(c2cc(F)ccc2F)C1. The van der Waals surface area contributed by atoms with Crippen molar-refractivity contribution in [3.05, 3.63) is 35.4 Å². The number of nitrogens with one attached hydrogen (secondary N) is 1. The van der Waals surface area contributed by atoms with Gasteiger partial charge in [-0.25, -0.2) is 8.78 Å². The molecule has 2 rings (SSSR count). The zero-order chi connectivity index (χ0) is 13.8. The quantitative estimate of drug-likeness (QED) is 0.849. The van der Waals surface area contributed by atoms with Crippen LogP contribution in [0.2, 0.25) is 0 Å². The maximum Gasteiger partial charge on any atom is 0.209 e. The number of halogens is 2. The van der Waals surface area contributed by atoms with Crippen molar-refractivity contribution in [2.24, 2.45) is 0 Å². The summed E-state index contributed by atoms with van der Waals surface area (Å²) in [6.45, 7) is 3.23. The number of nitrogens with zero attached hydrogens (tertiary/aromatic N) is 1. The monoisotopic (exact) mass is 268 g/mol. The number of hydrogen-bond donors (Lipinski definition) is 1. The molecule has 1 aromatic rings. The highest BCUT2D eigenvalue weighted by molar-refractivity contribution is 5.47. The number of piperidine rings is 1. The minimum Gasteiger partial charge on any atom is -0.342 e. The zero-order valence-corrected chi connectivity index (χ0v) is 10.9. The standard InChI is InChI=1S/C14H18F2N2O/c1-2-18(9-19)11-5-6-17-14(8-11)12-7-10(15)3-4-13(12)16/h3-4,7,9,11,14,17H,2,5-6,8H2,1H3. The second kappa shape index (κ2) is 6.10. The van der Waals surface area contributed by atoms with E-state index in [1.165, 1.54) is 6.07 Å². The van der Waals surface area contributed by atoms with E-state index in [-0.39, 0.29) is 12.1 Å². The van der Waals surface area contributed by atoms with Gasteiger partial charge in [0, 0.05) is 24.2 Å². The first-order valence-corrected chi connectivity index (χ1v) is 6.55. The molecule has 2 atom stereocenters. The zero-order valence-electron chi connectivity index (χ0n) is 10.9. The Morgan fingerprint density at radius 1 is 1.47 bits per heavy atom. The fraction of sp³-hybridized carbons (Fsp3) is 0.500. The van der Waals surface area contributed by atoms with Gasteiger partial charge in [-0.05, 0) is 44.5 Å². The van der Waals surface area contributed by atoms with Crippen molar-refractivity contribution in [3.63, 3.8) is 0 Å². The molecule has 2 unspecified atom stereocenters. The molecule has 1 aliphatic heterocycles. The topological polar surface area (TPSA) is 32.3 Å². The summed E-state index contributed by atoms with van der Waals surface area (Å²) in [6, 6.07) is 3.32. The van der Waals surface area contributed by atoms with Gasteiger partial charge < -0.3 is 10.2 Å². The molecule has 0 bridgehead atoms. The fourth-order valence-electron chi connectivity index (χ4n) is 2.64. The van der Waals surface area contributed by atoms with Crippen molar-refractivity contribution in [2.75, 3.05) is 13.1 Å². The summed E-state index contributed by atoms with van der Waals surface area (Å²) in [7, 11) is 0. The molecule has 0 spiro atoms. The smallest absolute Gasteiger partial charge is 0.209 e. The maximum absolute atomic E-state index is 13.8. The van der Waals surface area contributed by atoms with E-state index in [0.29, 0.717) is 25.1 Å². The molecule has 1 heterocycles.